The summed E-state index contributed by atoms with van der Waals surface area (Å²) in [5, 5.41) is 16.7. The Morgan fingerprint density at radius 1 is 0.612 bits per heavy atom. The second-order valence-electron chi connectivity index (χ2n) is 18.1. The first-order valence-electron chi connectivity index (χ1n) is 23.1. The number of carbonyl (C=O) groups excluding carboxylic acids is 1. The fourth-order valence-electron chi connectivity index (χ4n) is 9.65. The molecule has 0 radical (unpaired) electrons. The van der Waals surface area contributed by atoms with Crippen molar-refractivity contribution in [3.63, 3.8) is 0 Å². The molecule has 6 aromatic rings. The van der Waals surface area contributed by atoms with Crippen molar-refractivity contribution in [1.82, 2.24) is 4.58 Å². The molecular formula is C55H57N8O3S+3. The Hall–Kier alpha value is -7.18. The molecule has 6 heterocycles. The SMILES string of the molecule is CN(C)c1cc[n+](-c2c(Sc3ccccc3)c(-[n+]3ccc(N(C)C)cc3)c(-[n+]3ccc(N(C)C)cc3)c(C(=O)[O-])c2-c2c3ccc(=[N+]4CCCC4)cc-3oc3cc(N4CCCC4)ccc23)cc1. The molecule has 338 valence electrons. The minimum absolute atomic E-state index is 0.0550. The fourth-order valence-corrected chi connectivity index (χ4v) is 10.8. The van der Waals surface area contributed by atoms with Crippen molar-refractivity contribution >= 4 is 51.4 Å². The van der Waals surface area contributed by atoms with Gasteiger partial charge in [0.1, 0.15) is 24.4 Å². The number of aromatic carboxylic acids is 1. The molecule has 2 saturated heterocycles. The van der Waals surface area contributed by atoms with Gasteiger partial charge in [-0.2, -0.15) is 13.7 Å². The number of nitrogens with zero attached hydrogens (tertiary/aromatic N) is 8. The maximum Gasteiger partial charge on any atom is 0.304 e. The quantitative estimate of drug-likeness (QED) is 0.102. The van der Waals surface area contributed by atoms with E-state index in [-0.39, 0.29) is 5.56 Å². The van der Waals surface area contributed by atoms with E-state index in [1.165, 1.54) is 0 Å². The van der Waals surface area contributed by atoms with Gasteiger partial charge in [0.2, 0.25) is 11.0 Å². The number of hydrogen-bond acceptors (Lipinski definition) is 8. The number of carboxylic acid groups (broad SMARTS) is 1. The van der Waals surface area contributed by atoms with E-state index in [4.69, 9.17) is 4.42 Å². The van der Waals surface area contributed by atoms with Gasteiger partial charge in [-0.1, -0.05) is 30.0 Å². The first kappa shape index (κ1) is 43.7. The monoisotopic (exact) mass is 909 g/mol. The van der Waals surface area contributed by atoms with Gasteiger partial charge in [-0.25, -0.2) is 4.58 Å². The van der Waals surface area contributed by atoms with Crippen LogP contribution in [0.25, 0.3) is 50.5 Å². The number of aromatic nitrogens is 3. The Balaban J connectivity index is 1.43. The topological polar surface area (TPSA) is 80.9 Å². The number of carboxylic acids is 1. The largest absolute Gasteiger partial charge is 0.545 e. The number of hydrogen-bond donors (Lipinski definition) is 0. The van der Waals surface area contributed by atoms with E-state index in [1.54, 1.807) is 11.8 Å². The van der Waals surface area contributed by atoms with Crippen LogP contribution in [0.4, 0.5) is 22.7 Å². The summed E-state index contributed by atoms with van der Waals surface area (Å²) in [6.07, 6.45) is 16.6. The predicted molar refractivity (Wildman–Crippen MR) is 266 cm³/mol. The molecule has 0 bridgehead atoms. The Kier molecular flexibility index (Phi) is 11.9. The summed E-state index contributed by atoms with van der Waals surface area (Å²) in [6, 6.07) is 35.5. The zero-order valence-electron chi connectivity index (χ0n) is 39.1. The molecule has 3 aromatic heterocycles. The van der Waals surface area contributed by atoms with E-state index in [0.717, 1.165) is 106 Å². The number of benzene rings is 4. The summed E-state index contributed by atoms with van der Waals surface area (Å²) >= 11 is 1.61. The molecule has 2 fully saturated rings. The zero-order valence-corrected chi connectivity index (χ0v) is 40.0. The molecule has 0 spiro atoms. The maximum absolute atomic E-state index is 14.8. The van der Waals surface area contributed by atoms with Crippen LogP contribution in [-0.2, 0) is 0 Å². The van der Waals surface area contributed by atoms with Gasteiger partial charge in [0.05, 0.1) is 23.2 Å². The third-order valence-corrected chi connectivity index (χ3v) is 14.3. The van der Waals surface area contributed by atoms with Gasteiger partial charge in [-0.3, -0.25) is 0 Å². The molecular weight excluding hydrogens is 853 g/mol. The molecule has 67 heavy (non-hydrogen) atoms. The molecule has 11 nitrogen and oxygen atoms in total. The summed E-state index contributed by atoms with van der Waals surface area (Å²) < 4.78 is 15.5. The molecule has 3 aromatic carbocycles. The first-order chi connectivity index (χ1) is 32.5. The molecule has 0 amide bonds. The van der Waals surface area contributed by atoms with E-state index < -0.39 is 5.97 Å². The number of rotatable bonds is 11. The average molecular weight is 910 g/mol. The van der Waals surface area contributed by atoms with E-state index in [1.807, 2.05) is 119 Å². The van der Waals surface area contributed by atoms with Crippen molar-refractivity contribution in [3.05, 3.63) is 151 Å². The van der Waals surface area contributed by atoms with Crippen LogP contribution < -0.4 is 48.3 Å². The minimum Gasteiger partial charge on any atom is -0.545 e. The molecule has 10 rings (SSSR count). The lowest BCUT2D eigenvalue weighted by molar-refractivity contribution is -0.637. The summed E-state index contributed by atoms with van der Waals surface area (Å²) in [5.41, 5.74) is 8.79. The van der Waals surface area contributed by atoms with Gasteiger partial charge in [-0.15, -0.1) is 0 Å². The smallest absolute Gasteiger partial charge is 0.304 e. The van der Waals surface area contributed by atoms with Crippen LogP contribution in [0.3, 0.4) is 0 Å². The molecule has 0 N–H and O–H groups in total. The van der Waals surface area contributed by atoms with Crippen LogP contribution in [0.1, 0.15) is 36.0 Å². The van der Waals surface area contributed by atoms with Crippen LogP contribution >= 0.6 is 11.8 Å². The third-order valence-electron chi connectivity index (χ3n) is 13.2. The van der Waals surface area contributed by atoms with E-state index in [9.17, 15) is 9.90 Å². The van der Waals surface area contributed by atoms with Gasteiger partial charge in [0, 0.05) is 161 Å². The Morgan fingerprint density at radius 3 is 1.72 bits per heavy atom. The molecule has 4 aliphatic rings. The predicted octanol–water partition coefficient (Wildman–Crippen LogP) is 6.91. The lowest BCUT2D eigenvalue weighted by Gasteiger charge is -2.23. The minimum atomic E-state index is -1.30. The zero-order chi connectivity index (χ0) is 46.3. The van der Waals surface area contributed by atoms with Crippen molar-refractivity contribution < 1.29 is 28.0 Å². The van der Waals surface area contributed by atoms with Crippen molar-refractivity contribution in [2.24, 2.45) is 0 Å². The van der Waals surface area contributed by atoms with E-state index in [0.29, 0.717) is 34.0 Å². The lowest BCUT2D eigenvalue weighted by atomic mass is 9.87. The Bertz CT molecular complexity index is 3150. The Morgan fingerprint density at radius 2 is 1.16 bits per heavy atom. The van der Waals surface area contributed by atoms with Gasteiger partial charge in [0.15, 0.2) is 42.1 Å². The second kappa shape index (κ2) is 18.2. The second-order valence-corrected chi connectivity index (χ2v) is 19.2. The highest BCUT2D eigenvalue weighted by atomic mass is 32.2. The summed E-state index contributed by atoms with van der Waals surface area (Å²) in [4.78, 5) is 25.2. The van der Waals surface area contributed by atoms with Gasteiger partial charge in [0.25, 0.3) is 5.69 Å². The van der Waals surface area contributed by atoms with Crippen LogP contribution in [0.5, 0.6) is 0 Å². The molecule has 0 unspecified atom stereocenters. The van der Waals surface area contributed by atoms with Crippen molar-refractivity contribution in [2.45, 2.75) is 35.5 Å². The van der Waals surface area contributed by atoms with Crippen LogP contribution in [0.2, 0.25) is 0 Å². The maximum atomic E-state index is 14.8. The lowest BCUT2D eigenvalue weighted by Crippen LogP contribution is -2.45. The number of anilines is 4. The van der Waals surface area contributed by atoms with E-state index >= 15 is 0 Å². The molecule has 0 atom stereocenters. The van der Waals surface area contributed by atoms with Gasteiger partial charge in [-0.05, 0) is 43.2 Å². The van der Waals surface area contributed by atoms with Crippen molar-refractivity contribution in [2.75, 3.05) is 88.1 Å². The first-order valence-corrected chi connectivity index (χ1v) is 23.9. The highest BCUT2D eigenvalue weighted by Crippen LogP contribution is 2.49. The fraction of sp³-hybridized carbons (Fsp3) is 0.255. The summed E-state index contributed by atoms with van der Waals surface area (Å²) in [5.74, 6) is -0.610. The van der Waals surface area contributed by atoms with Gasteiger partial charge < -0.3 is 33.9 Å². The summed E-state index contributed by atoms with van der Waals surface area (Å²) in [6.45, 7) is 3.91. The van der Waals surface area contributed by atoms with Crippen LogP contribution in [0.15, 0.2) is 155 Å². The van der Waals surface area contributed by atoms with Crippen LogP contribution in [-0.4, -0.2) is 74.4 Å². The summed E-state index contributed by atoms with van der Waals surface area (Å²) in [7, 11) is 12.1. The van der Waals surface area contributed by atoms with Crippen LogP contribution in [0, 0.1) is 0 Å². The number of pyridine rings is 3. The Labute approximate surface area is 396 Å². The number of carbonyl (C=O) groups is 1. The van der Waals surface area contributed by atoms with Gasteiger partial charge >= 0.3 is 5.69 Å². The normalized spacial score (nSPS) is 13.8. The number of fused-ring (bicyclic) bond motifs is 2. The third kappa shape index (κ3) is 8.35. The average Bonchev–Trinajstić information content (AvgIpc) is 4.10. The molecule has 12 heteroatoms. The van der Waals surface area contributed by atoms with Crippen molar-refractivity contribution in [1.29, 1.82) is 0 Å². The molecule has 1 aliphatic carbocycles. The highest BCUT2D eigenvalue weighted by Gasteiger charge is 2.42. The molecule has 0 saturated carbocycles. The van der Waals surface area contributed by atoms with E-state index in [2.05, 4.69) is 101 Å². The highest BCUT2D eigenvalue weighted by molar-refractivity contribution is 7.99. The van der Waals surface area contributed by atoms with Crippen molar-refractivity contribution in [3.8, 4) is 39.5 Å². The molecule has 3 aliphatic heterocycles. The standard InChI is InChI=1S/C55H57N8O3S/c1-56(2)38-20-30-61(31-21-38)51-50(55(64)65)49(48-44-18-16-41(59-26-10-11-27-59)36-46(44)66-47-37-42(17-19-45(47)48)60-28-12-13-29-60)52(62-32-22-39(23-33-62)57(3)4)54(67-43-14-8-7-9-15-43)53(51)63-34-24-40(25-35-63)58(5)6/h7-9,14-25,30-37H,10-13,26-29H2,1-6H3/q+3.